The van der Waals surface area contributed by atoms with Gasteiger partial charge in [0.05, 0.1) is 5.41 Å². The van der Waals surface area contributed by atoms with Crippen molar-refractivity contribution in [3.05, 3.63) is 77.2 Å². The van der Waals surface area contributed by atoms with Gasteiger partial charge in [0.15, 0.2) is 10.7 Å². The van der Waals surface area contributed by atoms with E-state index in [4.69, 9.17) is 14.4 Å². The second-order valence-electron chi connectivity index (χ2n) is 9.07. The summed E-state index contributed by atoms with van der Waals surface area (Å²) in [4.78, 5) is 21.8. The molecule has 39 heavy (non-hydrogen) atoms. The lowest BCUT2D eigenvalue weighted by Crippen LogP contribution is -2.35. The number of aliphatic carboxylic acids is 1. The third kappa shape index (κ3) is 7.59. The fourth-order valence-electron chi connectivity index (χ4n) is 4.00. The Labute approximate surface area is 223 Å². The molecule has 1 saturated carbocycles. The van der Waals surface area contributed by atoms with Crippen LogP contribution in [-0.4, -0.2) is 43.3 Å². The fourth-order valence-corrected chi connectivity index (χ4v) is 5.39. The number of carboxylic acids is 1. The first-order valence-corrected chi connectivity index (χ1v) is 13.4. The van der Waals surface area contributed by atoms with Crippen molar-refractivity contribution in [3.8, 4) is 0 Å². The first kappa shape index (κ1) is 29.7. The Hall–Kier alpha value is -3.87. The van der Waals surface area contributed by atoms with Crippen LogP contribution in [-0.2, 0) is 31.4 Å². The van der Waals surface area contributed by atoms with Gasteiger partial charge in [0, 0.05) is 12.2 Å². The molecule has 1 amide bonds. The molecule has 0 spiro atoms. The molecule has 0 radical (unpaired) electrons. The van der Waals surface area contributed by atoms with E-state index in [0.717, 1.165) is 31.2 Å². The van der Waals surface area contributed by atoms with Gasteiger partial charge in [-0.1, -0.05) is 47.6 Å². The average molecular weight is 568 g/mol. The standard InChI is InChI=1S/C24H27N3O4S.C2HF3O2/c1-17-22(18(2)31-26-17)32(29,30)27-21-12-10-20(11-13-21)24(14-15-24)23(28)25-16-6-9-19-7-4-3-5-8-19;3-2(4,5)1(6)7/h3-5,7-8,10-13,27H,6,9,14-16H2,1-2H3,(H,25,28);(H,6,7). The molecule has 0 atom stereocenters. The first-order valence-electron chi connectivity index (χ1n) is 11.9. The number of benzene rings is 2. The molecule has 4 rings (SSSR count). The van der Waals surface area contributed by atoms with Crippen LogP contribution in [0.25, 0.3) is 0 Å². The van der Waals surface area contributed by atoms with Crippen LogP contribution in [0.1, 0.15) is 41.8 Å². The SMILES string of the molecule is Cc1noc(C)c1S(=O)(=O)Nc1ccc(C2(C(=O)NCCCc3ccccc3)CC2)cc1.O=C(O)C(F)(F)F. The zero-order valence-corrected chi connectivity index (χ0v) is 22.0. The summed E-state index contributed by atoms with van der Waals surface area (Å²) < 4.78 is 64.6. The Morgan fingerprint density at radius 2 is 1.64 bits per heavy atom. The number of sulfonamides is 1. The number of carbonyl (C=O) groups excluding carboxylic acids is 1. The topological polar surface area (TPSA) is 139 Å². The molecule has 0 unspecified atom stereocenters. The van der Waals surface area contributed by atoms with Crippen molar-refractivity contribution < 1.29 is 40.8 Å². The Morgan fingerprint density at radius 1 is 1.05 bits per heavy atom. The normalized spacial score (nSPS) is 14.1. The number of hydrogen-bond donors (Lipinski definition) is 3. The molecule has 9 nitrogen and oxygen atoms in total. The van der Waals surface area contributed by atoms with Gasteiger partial charge in [-0.15, -0.1) is 0 Å². The maximum atomic E-state index is 12.8. The summed E-state index contributed by atoms with van der Waals surface area (Å²) in [6.07, 6.45) is -1.69. The number of carbonyl (C=O) groups is 2. The van der Waals surface area contributed by atoms with Crippen molar-refractivity contribution in [3.63, 3.8) is 0 Å². The van der Waals surface area contributed by atoms with E-state index < -0.39 is 27.6 Å². The highest BCUT2D eigenvalue weighted by atomic mass is 32.2. The highest BCUT2D eigenvalue weighted by molar-refractivity contribution is 7.92. The summed E-state index contributed by atoms with van der Waals surface area (Å²) in [7, 11) is -3.80. The number of carboxylic acid groups (broad SMARTS) is 1. The van der Waals surface area contributed by atoms with Crippen molar-refractivity contribution in [1.82, 2.24) is 10.5 Å². The number of aromatic nitrogens is 1. The van der Waals surface area contributed by atoms with Gasteiger partial charge in [-0.3, -0.25) is 9.52 Å². The lowest BCUT2D eigenvalue weighted by Gasteiger charge is -2.17. The number of aryl methyl sites for hydroxylation is 3. The summed E-state index contributed by atoms with van der Waals surface area (Å²) in [6.45, 7) is 3.78. The van der Waals surface area contributed by atoms with Crippen LogP contribution in [0.15, 0.2) is 64.0 Å². The van der Waals surface area contributed by atoms with Crippen LogP contribution < -0.4 is 10.0 Å². The molecule has 3 aromatic rings. The zero-order chi connectivity index (χ0) is 28.8. The summed E-state index contributed by atoms with van der Waals surface area (Å²) in [5.41, 5.74) is 2.39. The number of hydrogen-bond acceptors (Lipinski definition) is 6. The maximum Gasteiger partial charge on any atom is 0.490 e. The zero-order valence-electron chi connectivity index (χ0n) is 21.2. The quantitative estimate of drug-likeness (QED) is 0.324. The molecule has 1 aliphatic rings. The van der Waals surface area contributed by atoms with Gasteiger partial charge in [-0.2, -0.15) is 13.2 Å². The van der Waals surface area contributed by atoms with Crippen LogP contribution in [0.4, 0.5) is 18.9 Å². The van der Waals surface area contributed by atoms with E-state index in [2.05, 4.69) is 27.3 Å². The molecule has 1 aliphatic carbocycles. The van der Waals surface area contributed by atoms with Crippen LogP contribution in [0.2, 0.25) is 0 Å². The Bertz CT molecular complexity index is 1380. The van der Waals surface area contributed by atoms with Crippen molar-refractivity contribution >= 4 is 27.6 Å². The first-order chi connectivity index (χ1) is 18.3. The molecule has 1 heterocycles. The lowest BCUT2D eigenvalue weighted by atomic mass is 9.94. The summed E-state index contributed by atoms with van der Waals surface area (Å²) in [5.74, 6) is -2.48. The van der Waals surface area contributed by atoms with Gasteiger partial charge in [0.1, 0.15) is 5.69 Å². The third-order valence-electron chi connectivity index (χ3n) is 6.12. The van der Waals surface area contributed by atoms with Crippen molar-refractivity contribution in [2.45, 2.75) is 56.0 Å². The summed E-state index contributed by atoms with van der Waals surface area (Å²) in [6, 6.07) is 17.2. The summed E-state index contributed by atoms with van der Waals surface area (Å²) in [5, 5.41) is 13.9. The van der Waals surface area contributed by atoms with Crippen LogP contribution in [0.3, 0.4) is 0 Å². The number of nitrogens with zero attached hydrogens (tertiary/aromatic N) is 1. The van der Waals surface area contributed by atoms with E-state index in [1.807, 2.05) is 30.3 Å². The van der Waals surface area contributed by atoms with Crippen molar-refractivity contribution in [1.29, 1.82) is 0 Å². The van der Waals surface area contributed by atoms with Gasteiger partial charge < -0.3 is 14.9 Å². The third-order valence-corrected chi connectivity index (χ3v) is 7.75. The fraction of sp³-hybridized carbons (Fsp3) is 0.346. The van der Waals surface area contributed by atoms with Gasteiger partial charge in [-0.05, 0) is 62.8 Å². The van der Waals surface area contributed by atoms with E-state index in [0.29, 0.717) is 17.9 Å². The van der Waals surface area contributed by atoms with Gasteiger partial charge in [-0.25, -0.2) is 13.2 Å². The highest BCUT2D eigenvalue weighted by Gasteiger charge is 2.51. The number of anilines is 1. The van der Waals surface area contributed by atoms with Gasteiger partial charge in [0.25, 0.3) is 10.0 Å². The van der Waals surface area contributed by atoms with Gasteiger partial charge in [0.2, 0.25) is 5.91 Å². The van der Waals surface area contributed by atoms with E-state index in [9.17, 15) is 26.4 Å². The molecule has 1 fully saturated rings. The molecule has 1 aromatic heterocycles. The molecule has 13 heteroatoms. The Balaban J connectivity index is 0.000000532. The van der Waals surface area contributed by atoms with E-state index in [-0.39, 0.29) is 16.6 Å². The lowest BCUT2D eigenvalue weighted by molar-refractivity contribution is -0.192. The molecular formula is C26H28F3N3O6S. The molecule has 2 aromatic carbocycles. The number of alkyl halides is 3. The second kappa shape index (κ2) is 11.9. The second-order valence-corrected chi connectivity index (χ2v) is 10.7. The van der Waals surface area contributed by atoms with Crippen LogP contribution in [0, 0.1) is 13.8 Å². The van der Waals surface area contributed by atoms with Crippen LogP contribution in [0.5, 0.6) is 0 Å². The number of rotatable bonds is 9. The minimum atomic E-state index is -5.08. The number of amides is 1. The molecule has 3 N–H and O–H groups in total. The Morgan fingerprint density at radius 3 is 2.13 bits per heavy atom. The smallest absolute Gasteiger partial charge is 0.475 e. The molecule has 0 saturated heterocycles. The highest BCUT2D eigenvalue weighted by Crippen LogP contribution is 2.48. The molecule has 0 aliphatic heterocycles. The molecule has 210 valence electrons. The van der Waals surface area contributed by atoms with Crippen LogP contribution >= 0.6 is 0 Å². The molecular weight excluding hydrogens is 539 g/mol. The minimum Gasteiger partial charge on any atom is -0.475 e. The number of nitrogens with one attached hydrogen (secondary N) is 2. The average Bonchev–Trinajstić information content (AvgIpc) is 3.61. The van der Waals surface area contributed by atoms with Gasteiger partial charge >= 0.3 is 12.1 Å². The van der Waals surface area contributed by atoms with E-state index >= 15 is 0 Å². The minimum absolute atomic E-state index is 0.0367. The maximum absolute atomic E-state index is 12.8. The monoisotopic (exact) mass is 567 g/mol. The predicted octanol–water partition coefficient (Wildman–Crippen LogP) is 4.51. The van der Waals surface area contributed by atoms with E-state index in [1.54, 1.807) is 26.0 Å². The number of halogens is 3. The summed E-state index contributed by atoms with van der Waals surface area (Å²) >= 11 is 0. The van der Waals surface area contributed by atoms with Crippen molar-refractivity contribution in [2.75, 3.05) is 11.3 Å². The largest absolute Gasteiger partial charge is 0.490 e. The Kier molecular flexibility index (Phi) is 9.05. The van der Waals surface area contributed by atoms with E-state index in [1.165, 1.54) is 5.56 Å². The van der Waals surface area contributed by atoms with Crippen molar-refractivity contribution in [2.24, 2.45) is 0 Å². The molecule has 0 bridgehead atoms. The predicted molar refractivity (Wildman–Crippen MR) is 136 cm³/mol.